The van der Waals surface area contributed by atoms with Crippen LogP contribution in [0.25, 0.3) is 0 Å². The van der Waals surface area contributed by atoms with Crippen molar-refractivity contribution < 1.29 is 18.0 Å². The van der Waals surface area contributed by atoms with E-state index in [2.05, 4.69) is 5.32 Å². The van der Waals surface area contributed by atoms with Crippen molar-refractivity contribution in [2.24, 2.45) is 0 Å². The van der Waals surface area contributed by atoms with Gasteiger partial charge in [-0.25, -0.2) is 8.42 Å². The third-order valence-corrected chi connectivity index (χ3v) is 5.13. The Morgan fingerprint density at radius 1 is 1.35 bits per heavy atom. The maximum atomic E-state index is 12.5. The molecule has 1 heterocycles. The molecule has 1 aliphatic rings. The Hall–Kier alpha value is -1.93. The fraction of sp³-hybridized carbons (Fsp3) is 0.333. The first-order chi connectivity index (χ1) is 9.23. The summed E-state index contributed by atoms with van der Waals surface area (Å²) in [5, 5.41) is 2.10. The van der Waals surface area contributed by atoms with Crippen molar-refractivity contribution in [1.29, 1.82) is 0 Å². The molecule has 0 spiro atoms. The van der Waals surface area contributed by atoms with Gasteiger partial charge in [0.15, 0.2) is 0 Å². The second-order valence-corrected chi connectivity index (χ2v) is 6.55. The zero-order chi connectivity index (χ0) is 15.1. The van der Waals surface area contributed by atoms with Crippen molar-refractivity contribution in [1.82, 2.24) is 9.62 Å². The van der Waals surface area contributed by atoms with E-state index in [1.54, 1.807) is 6.92 Å². The van der Waals surface area contributed by atoms with Crippen LogP contribution < -0.4 is 11.1 Å². The average Bonchev–Trinajstić information content (AvgIpc) is 2.36. The molecule has 0 aromatic heterocycles. The minimum atomic E-state index is -3.92. The van der Waals surface area contributed by atoms with Crippen molar-refractivity contribution in [2.75, 3.05) is 12.3 Å². The molecule has 20 heavy (non-hydrogen) atoms. The van der Waals surface area contributed by atoms with E-state index in [9.17, 15) is 18.0 Å². The van der Waals surface area contributed by atoms with E-state index < -0.39 is 27.9 Å². The molecule has 1 aromatic carbocycles. The fourth-order valence-electron chi connectivity index (χ4n) is 1.93. The number of nitrogens with zero attached hydrogens (tertiary/aromatic N) is 1. The van der Waals surface area contributed by atoms with Crippen LogP contribution in [-0.4, -0.2) is 37.1 Å². The summed E-state index contributed by atoms with van der Waals surface area (Å²) < 4.78 is 25.9. The molecule has 0 aliphatic carbocycles. The van der Waals surface area contributed by atoms with Gasteiger partial charge in [0.05, 0.1) is 11.4 Å². The number of nitrogens with one attached hydrogen (secondary N) is 1. The number of nitrogens with two attached hydrogens (primary N) is 1. The molecule has 0 saturated carbocycles. The summed E-state index contributed by atoms with van der Waals surface area (Å²) in [6, 6.07) is 3.34. The number of hydrogen-bond donors (Lipinski definition) is 2. The van der Waals surface area contributed by atoms with E-state index in [0.717, 1.165) is 4.31 Å². The molecular formula is C12H15N3O4S. The first-order valence-electron chi connectivity index (χ1n) is 5.95. The van der Waals surface area contributed by atoms with Crippen molar-refractivity contribution in [3.05, 3.63) is 23.8 Å². The van der Waals surface area contributed by atoms with E-state index in [1.165, 1.54) is 25.1 Å². The Bertz CT molecular complexity index is 684. The lowest BCUT2D eigenvalue weighted by Gasteiger charge is -2.30. The van der Waals surface area contributed by atoms with Gasteiger partial charge in [-0.2, -0.15) is 4.31 Å². The molecule has 108 valence electrons. The molecule has 1 aromatic rings. The lowest BCUT2D eigenvalue weighted by atomic mass is 10.2. The number of sulfonamides is 1. The molecule has 2 rings (SSSR count). The van der Waals surface area contributed by atoms with Gasteiger partial charge in [0.25, 0.3) is 0 Å². The first kappa shape index (κ1) is 14.5. The number of benzene rings is 1. The predicted octanol–water partition coefficient (Wildman–Crippen LogP) is -0.387. The highest BCUT2D eigenvalue weighted by atomic mass is 32.2. The third kappa shape index (κ3) is 2.39. The number of imide groups is 1. The quantitative estimate of drug-likeness (QED) is 0.571. The normalized spacial score (nSPS) is 20.8. The minimum Gasteiger partial charge on any atom is -0.399 e. The highest BCUT2D eigenvalue weighted by molar-refractivity contribution is 7.89. The van der Waals surface area contributed by atoms with Crippen molar-refractivity contribution in [3.8, 4) is 0 Å². The van der Waals surface area contributed by atoms with Gasteiger partial charge >= 0.3 is 0 Å². The number of carbonyl (C=O) groups is 2. The maximum Gasteiger partial charge on any atom is 0.244 e. The van der Waals surface area contributed by atoms with Gasteiger partial charge in [-0.3, -0.25) is 14.9 Å². The van der Waals surface area contributed by atoms with Crippen LogP contribution in [0.1, 0.15) is 12.5 Å². The SMILES string of the molecule is Cc1cc(S(=O)(=O)N2CC(=O)NC(=O)C2C)ccc1N. The Labute approximate surface area is 116 Å². The average molecular weight is 297 g/mol. The topological polar surface area (TPSA) is 110 Å². The van der Waals surface area contributed by atoms with Crippen LogP contribution in [0, 0.1) is 6.92 Å². The zero-order valence-electron chi connectivity index (χ0n) is 11.1. The van der Waals surface area contributed by atoms with Gasteiger partial charge in [-0.1, -0.05) is 0 Å². The summed E-state index contributed by atoms with van der Waals surface area (Å²) in [6.45, 7) is 2.74. The Morgan fingerprint density at radius 2 is 2.00 bits per heavy atom. The zero-order valence-corrected chi connectivity index (χ0v) is 11.9. The third-order valence-electron chi connectivity index (χ3n) is 3.22. The molecular weight excluding hydrogens is 282 g/mol. The molecule has 3 N–H and O–H groups in total. The number of nitrogen functional groups attached to an aromatic ring is 1. The van der Waals surface area contributed by atoms with Crippen LogP contribution in [-0.2, 0) is 19.6 Å². The summed E-state index contributed by atoms with van der Waals surface area (Å²) in [6.07, 6.45) is 0. The number of hydrogen-bond acceptors (Lipinski definition) is 5. The molecule has 1 atom stereocenters. The number of rotatable bonds is 2. The number of aryl methyl sites for hydroxylation is 1. The van der Waals surface area contributed by atoms with Crippen molar-refractivity contribution in [3.63, 3.8) is 0 Å². The number of amides is 2. The molecule has 1 saturated heterocycles. The summed E-state index contributed by atoms with van der Waals surface area (Å²) in [4.78, 5) is 22.9. The monoisotopic (exact) mass is 297 g/mol. The van der Waals surface area contributed by atoms with Gasteiger partial charge in [0.2, 0.25) is 21.8 Å². The lowest BCUT2D eigenvalue weighted by Crippen LogP contribution is -2.58. The van der Waals surface area contributed by atoms with E-state index in [-0.39, 0.29) is 11.4 Å². The van der Waals surface area contributed by atoms with Crippen molar-refractivity contribution >= 4 is 27.5 Å². The summed E-state index contributed by atoms with van der Waals surface area (Å²) >= 11 is 0. The number of carbonyl (C=O) groups excluding carboxylic acids is 2. The van der Waals surface area contributed by atoms with E-state index in [4.69, 9.17) is 5.73 Å². The Morgan fingerprint density at radius 3 is 2.60 bits per heavy atom. The van der Waals surface area contributed by atoms with E-state index >= 15 is 0 Å². The van der Waals surface area contributed by atoms with Crippen LogP contribution in [0.4, 0.5) is 5.69 Å². The number of piperazine rings is 1. The predicted molar refractivity (Wildman–Crippen MR) is 72.1 cm³/mol. The van der Waals surface area contributed by atoms with Crippen LogP contribution in [0.15, 0.2) is 23.1 Å². The molecule has 1 aliphatic heterocycles. The molecule has 2 amide bonds. The van der Waals surface area contributed by atoms with Gasteiger partial charge in [-0.15, -0.1) is 0 Å². The maximum absolute atomic E-state index is 12.5. The highest BCUT2D eigenvalue weighted by Crippen LogP contribution is 2.23. The Balaban J connectivity index is 2.45. The van der Waals surface area contributed by atoms with Gasteiger partial charge < -0.3 is 5.73 Å². The van der Waals surface area contributed by atoms with Crippen LogP contribution in [0.2, 0.25) is 0 Å². The number of anilines is 1. The fourth-order valence-corrected chi connectivity index (χ4v) is 3.56. The van der Waals surface area contributed by atoms with Crippen LogP contribution >= 0.6 is 0 Å². The van der Waals surface area contributed by atoms with Crippen LogP contribution in [0.3, 0.4) is 0 Å². The van der Waals surface area contributed by atoms with Crippen LogP contribution in [0.5, 0.6) is 0 Å². The van der Waals surface area contributed by atoms with E-state index in [1.807, 2.05) is 0 Å². The largest absolute Gasteiger partial charge is 0.399 e. The summed E-state index contributed by atoms with van der Waals surface area (Å²) in [7, 11) is -3.92. The molecule has 0 radical (unpaired) electrons. The van der Waals surface area contributed by atoms with E-state index in [0.29, 0.717) is 11.3 Å². The van der Waals surface area contributed by atoms with Gasteiger partial charge in [0.1, 0.15) is 6.04 Å². The van der Waals surface area contributed by atoms with Crippen molar-refractivity contribution in [2.45, 2.75) is 24.8 Å². The second-order valence-electron chi connectivity index (χ2n) is 4.66. The van der Waals surface area contributed by atoms with Gasteiger partial charge in [-0.05, 0) is 37.6 Å². The standard InChI is InChI=1S/C12H15N3O4S/c1-7-5-9(3-4-10(7)13)20(18,19)15-6-11(16)14-12(17)8(15)2/h3-5,8H,6,13H2,1-2H3,(H,14,16,17). The summed E-state index contributed by atoms with van der Waals surface area (Å²) in [5.74, 6) is -1.26. The second kappa shape index (κ2) is 4.88. The molecule has 1 fully saturated rings. The molecule has 0 bridgehead atoms. The first-order valence-corrected chi connectivity index (χ1v) is 7.39. The molecule has 1 unspecified atom stereocenters. The minimum absolute atomic E-state index is 0.0125. The van der Waals surface area contributed by atoms with Gasteiger partial charge in [0, 0.05) is 5.69 Å². The lowest BCUT2D eigenvalue weighted by molar-refractivity contribution is -0.136. The molecule has 8 heteroatoms. The molecule has 7 nitrogen and oxygen atoms in total. The highest BCUT2D eigenvalue weighted by Gasteiger charge is 2.38. The Kier molecular flexibility index (Phi) is 3.53. The smallest absolute Gasteiger partial charge is 0.244 e. The summed E-state index contributed by atoms with van der Waals surface area (Å²) in [5.41, 5.74) is 6.75.